The number of carbonyl (C=O) groups excluding carboxylic acids is 2. The van der Waals surface area contributed by atoms with E-state index in [2.05, 4.69) is 29.6 Å². The highest BCUT2D eigenvalue weighted by molar-refractivity contribution is 5.79. The topological polar surface area (TPSA) is 81.4 Å². The van der Waals surface area contributed by atoms with Gasteiger partial charge in [0, 0.05) is 18.9 Å². The van der Waals surface area contributed by atoms with Crippen LogP contribution in [0.15, 0.2) is 48.5 Å². The molecule has 2 amide bonds. The van der Waals surface area contributed by atoms with E-state index < -0.39 is 6.09 Å². The molecule has 1 aliphatic rings. The first-order chi connectivity index (χ1) is 12.7. The molecule has 0 unspecified atom stereocenters. The van der Waals surface area contributed by atoms with Crippen molar-refractivity contribution < 1.29 is 14.3 Å². The SMILES string of the molecule is NC(=O)CCCCCNC(=O)OCC1c2ccccc2-c2ccccc21. The maximum atomic E-state index is 12.0. The molecule has 26 heavy (non-hydrogen) atoms. The monoisotopic (exact) mass is 352 g/mol. The van der Waals surface area contributed by atoms with E-state index in [0.29, 0.717) is 19.6 Å². The maximum Gasteiger partial charge on any atom is 0.407 e. The Morgan fingerprint density at radius 3 is 2.15 bits per heavy atom. The van der Waals surface area contributed by atoms with E-state index in [4.69, 9.17) is 10.5 Å². The lowest BCUT2D eigenvalue weighted by Gasteiger charge is -2.14. The number of carbonyl (C=O) groups is 2. The van der Waals surface area contributed by atoms with Gasteiger partial charge in [0.05, 0.1) is 0 Å². The van der Waals surface area contributed by atoms with Crippen molar-refractivity contribution >= 4 is 12.0 Å². The van der Waals surface area contributed by atoms with Gasteiger partial charge in [0.15, 0.2) is 0 Å². The summed E-state index contributed by atoms with van der Waals surface area (Å²) in [5.41, 5.74) is 9.93. The van der Waals surface area contributed by atoms with Crippen LogP contribution in [-0.2, 0) is 9.53 Å². The standard InChI is InChI=1S/C21H24N2O3/c22-20(24)12-2-1-7-13-23-21(25)26-14-19-17-10-5-3-8-15(17)16-9-4-6-11-18(16)19/h3-6,8-11,19H,1-2,7,12-14H2,(H2,22,24)(H,23,25). The second kappa shape index (κ2) is 8.52. The molecule has 1 aliphatic carbocycles. The second-order valence-electron chi connectivity index (χ2n) is 6.53. The zero-order valence-corrected chi connectivity index (χ0v) is 14.7. The fraction of sp³-hybridized carbons (Fsp3) is 0.333. The lowest BCUT2D eigenvalue weighted by molar-refractivity contribution is -0.118. The molecule has 2 aromatic rings. The summed E-state index contributed by atoms with van der Waals surface area (Å²) in [5, 5.41) is 2.77. The lowest BCUT2D eigenvalue weighted by Crippen LogP contribution is -2.27. The van der Waals surface area contributed by atoms with Crippen molar-refractivity contribution in [1.82, 2.24) is 5.32 Å². The van der Waals surface area contributed by atoms with E-state index >= 15 is 0 Å². The zero-order valence-electron chi connectivity index (χ0n) is 14.7. The van der Waals surface area contributed by atoms with Gasteiger partial charge in [-0.05, 0) is 35.1 Å². The van der Waals surface area contributed by atoms with Crippen molar-refractivity contribution in [2.75, 3.05) is 13.2 Å². The fourth-order valence-corrected chi connectivity index (χ4v) is 3.44. The molecular formula is C21H24N2O3. The van der Waals surface area contributed by atoms with Crippen LogP contribution < -0.4 is 11.1 Å². The quantitative estimate of drug-likeness (QED) is 0.713. The van der Waals surface area contributed by atoms with Crippen molar-refractivity contribution in [3.05, 3.63) is 59.7 Å². The summed E-state index contributed by atoms with van der Waals surface area (Å²) in [4.78, 5) is 22.6. The van der Waals surface area contributed by atoms with Crippen LogP contribution in [0.2, 0.25) is 0 Å². The van der Waals surface area contributed by atoms with Crippen molar-refractivity contribution in [3.8, 4) is 11.1 Å². The highest BCUT2D eigenvalue weighted by Crippen LogP contribution is 2.44. The Morgan fingerprint density at radius 1 is 0.923 bits per heavy atom. The predicted molar refractivity (Wildman–Crippen MR) is 101 cm³/mol. The number of rotatable bonds is 8. The molecule has 0 fully saturated rings. The molecule has 0 radical (unpaired) electrons. The van der Waals surface area contributed by atoms with Gasteiger partial charge in [0.1, 0.15) is 6.61 Å². The minimum atomic E-state index is -0.401. The Balaban J connectivity index is 1.49. The summed E-state index contributed by atoms with van der Waals surface area (Å²) < 4.78 is 5.46. The minimum Gasteiger partial charge on any atom is -0.449 e. The number of ether oxygens (including phenoxy) is 1. The minimum absolute atomic E-state index is 0.0729. The van der Waals surface area contributed by atoms with Crippen molar-refractivity contribution in [2.24, 2.45) is 5.73 Å². The van der Waals surface area contributed by atoms with Gasteiger partial charge >= 0.3 is 6.09 Å². The van der Waals surface area contributed by atoms with E-state index in [0.717, 1.165) is 19.3 Å². The van der Waals surface area contributed by atoms with Gasteiger partial charge in [-0.1, -0.05) is 55.0 Å². The first-order valence-electron chi connectivity index (χ1n) is 9.04. The number of nitrogens with two attached hydrogens (primary N) is 1. The number of unbranched alkanes of at least 4 members (excludes halogenated alkanes) is 2. The van der Waals surface area contributed by atoms with Crippen LogP contribution in [0, 0.1) is 0 Å². The Kier molecular flexibility index (Phi) is 5.89. The molecule has 5 heteroatoms. The van der Waals surface area contributed by atoms with Gasteiger partial charge in [-0.2, -0.15) is 0 Å². The molecule has 3 rings (SSSR count). The van der Waals surface area contributed by atoms with Gasteiger partial charge < -0.3 is 15.8 Å². The number of hydrogen-bond acceptors (Lipinski definition) is 3. The molecular weight excluding hydrogens is 328 g/mol. The number of primary amides is 1. The molecule has 0 saturated heterocycles. The Morgan fingerprint density at radius 2 is 1.54 bits per heavy atom. The number of alkyl carbamates (subject to hydrolysis) is 1. The van der Waals surface area contributed by atoms with Crippen molar-refractivity contribution in [3.63, 3.8) is 0 Å². The number of benzene rings is 2. The van der Waals surface area contributed by atoms with Gasteiger partial charge in [-0.3, -0.25) is 4.79 Å². The van der Waals surface area contributed by atoms with Crippen molar-refractivity contribution in [1.29, 1.82) is 0 Å². The summed E-state index contributed by atoms with van der Waals surface area (Å²) >= 11 is 0. The van der Waals surface area contributed by atoms with Gasteiger partial charge in [0.2, 0.25) is 5.91 Å². The summed E-state index contributed by atoms with van der Waals surface area (Å²) in [7, 11) is 0. The molecule has 0 heterocycles. The Labute approximate surface area is 153 Å². The number of amides is 2. The van der Waals surface area contributed by atoms with Crippen LogP contribution >= 0.6 is 0 Å². The highest BCUT2D eigenvalue weighted by Gasteiger charge is 2.28. The van der Waals surface area contributed by atoms with Crippen LogP contribution in [0.3, 0.4) is 0 Å². The number of hydrogen-bond donors (Lipinski definition) is 2. The molecule has 0 saturated carbocycles. The third-order valence-corrected chi connectivity index (χ3v) is 4.71. The zero-order chi connectivity index (χ0) is 18.4. The molecule has 2 aromatic carbocycles. The van der Waals surface area contributed by atoms with E-state index in [-0.39, 0.29) is 11.8 Å². The van der Waals surface area contributed by atoms with E-state index in [1.54, 1.807) is 0 Å². The molecule has 0 atom stereocenters. The van der Waals surface area contributed by atoms with Gasteiger partial charge in [-0.25, -0.2) is 4.79 Å². The highest BCUT2D eigenvalue weighted by atomic mass is 16.5. The Bertz CT molecular complexity index is 743. The van der Waals surface area contributed by atoms with Crippen molar-refractivity contribution in [2.45, 2.75) is 31.6 Å². The molecule has 0 bridgehead atoms. The first kappa shape index (κ1) is 18.0. The molecule has 5 nitrogen and oxygen atoms in total. The normalized spacial score (nSPS) is 12.3. The third kappa shape index (κ3) is 4.23. The van der Waals surface area contributed by atoms with Crippen LogP contribution in [0.4, 0.5) is 4.79 Å². The molecule has 0 aromatic heterocycles. The van der Waals surface area contributed by atoms with Gasteiger partial charge in [-0.15, -0.1) is 0 Å². The number of nitrogens with one attached hydrogen (secondary N) is 1. The smallest absolute Gasteiger partial charge is 0.407 e. The maximum absolute atomic E-state index is 12.0. The summed E-state index contributed by atoms with van der Waals surface area (Å²) in [6.07, 6.45) is 2.40. The fourth-order valence-electron chi connectivity index (χ4n) is 3.44. The lowest BCUT2D eigenvalue weighted by atomic mass is 9.98. The van der Waals surface area contributed by atoms with E-state index in [1.165, 1.54) is 22.3 Å². The summed E-state index contributed by atoms with van der Waals surface area (Å²) in [6, 6.07) is 16.5. The summed E-state index contributed by atoms with van der Waals surface area (Å²) in [5.74, 6) is -0.210. The average molecular weight is 352 g/mol. The molecule has 0 spiro atoms. The van der Waals surface area contributed by atoms with Gasteiger partial charge in [0.25, 0.3) is 0 Å². The number of fused-ring (bicyclic) bond motifs is 3. The largest absolute Gasteiger partial charge is 0.449 e. The molecule has 3 N–H and O–H groups in total. The van der Waals surface area contributed by atoms with E-state index in [9.17, 15) is 9.59 Å². The molecule has 0 aliphatic heterocycles. The first-order valence-corrected chi connectivity index (χ1v) is 9.04. The van der Waals surface area contributed by atoms with E-state index in [1.807, 2.05) is 24.3 Å². The average Bonchev–Trinajstić information content (AvgIpc) is 2.96. The predicted octanol–water partition coefficient (Wildman–Crippen LogP) is 3.57. The Hall–Kier alpha value is -2.82. The van der Waals surface area contributed by atoms with Crippen LogP contribution in [0.5, 0.6) is 0 Å². The summed E-state index contributed by atoms with van der Waals surface area (Å²) in [6.45, 7) is 0.858. The van der Waals surface area contributed by atoms with Crippen LogP contribution in [0.25, 0.3) is 11.1 Å². The molecule has 136 valence electrons. The third-order valence-electron chi connectivity index (χ3n) is 4.71. The second-order valence-corrected chi connectivity index (χ2v) is 6.53. The van der Waals surface area contributed by atoms with Crippen LogP contribution in [0.1, 0.15) is 42.7 Å². The van der Waals surface area contributed by atoms with Crippen LogP contribution in [-0.4, -0.2) is 25.2 Å².